The van der Waals surface area contributed by atoms with Crippen LogP contribution in [-0.4, -0.2) is 33.4 Å². The number of ketones is 1. The van der Waals surface area contributed by atoms with Gasteiger partial charge in [-0.2, -0.15) is 0 Å². The molecule has 1 N–H and O–H groups in total. The van der Waals surface area contributed by atoms with Crippen LogP contribution < -0.4 is 16.6 Å². The summed E-state index contributed by atoms with van der Waals surface area (Å²) in [5.74, 6) is -4.35. The predicted octanol–water partition coefficient (Wildman–Crippen LogP) is -1.21. The molecule has 0 aromatic carbocycles. The second-order valence-corrected chi connectivity index (χ2v) is 4.59. The first-order valence-corrected chi connectivity index (χ1v) is 6.45. The Labute approximate surface area is 125 Å². The summed E-state index contributed by atoms with van der Waals surface area (Å²) in [6, 6.07) is 0. The van der Waals surface area contributed by atoms with Gasteiger partial charge in [-0.3, -0.25) is 23.7 Å². The summed E-state index contributed by atoms with van der Waals surface area (Å²) in [7, 11) is 2.64. The molecule has 9 heteroatoms. The number of nitrogens with one attached hydrogen (secondary N) is 1. The smallest absolute Gasteiger partial charge is 0.330 e. The van der Waals surface area contributed by atoms with Gasteiger partial charge in [0.1, 0.15) is 5.69 Å². The van der Waals surface area contributed by atoms with E-state index >= 15 is 0 Å². The molecule has 0 saturated carbocycles. The molecule has 0 fully saturated rings. The molecule has 1 aromatic heterocycles. The summed E-state index contributed by atoms with van der Waals surface area (Å²) in [6.45, 7) is 2.62. The van der Waals surface area contributed by atoms with E-state index in [4.69, 9.17) is 0 Å². The van der Waals surface area contributed by atoms with Crippen molar-refractivity contribution in [2.75, 3.05) is 11.9 Å². The Morgan fingerprint density at radius 1 is 1.27 bits per heavy atom. The molecule has 0 saturated heterocycles. The quantitative estimate of drug-likeness (QED) is 0.539. The first-order valence-electron chi connectivity index (χ1n) is 6.45. The third-order valence-corrected chi connectivity index (χ3v) is 2.90. The number of aryl methyl sites for hydroxylation is 1. The third-order valence-electron chi connectivity index (χ3n) is 2.90. The van der Waals surface area contributed by atoms with Gasteiger partial charge >= 0.3 is 11.7 Å². The number of ether oxygens (including phenoxy) is 1. The van der Waals surface area contributed by atoms with E-state index in [9.17, 15) is 24.0 Å². The Kier molecular flexibility index (Phi) is 5.39. The Hall–Kier alpha value is -2.71. The molecule has 1 amide bonds. The average Bonchev–Trinajstić information content (AvgIpc) is 2.42. The first-order chi connectivity index (χ1) is 10.2. The predicted molar refractivity (Wildman–Crippen MR) is 76.4 cm³/mol. The van der Waals surface area contributed by atoms with Crippen LogP contribution in [0, 0.1) is 5.92 Å². The highest BCUT2D eigenvalue weighted by molar-refractivity contribution is 6.19. The minimum absolute atomic E-state index is 0.0114. The second-order valence-electron chi connectivity index (χ2n) is 4.59. The van der Waals surface area contributed by atoms with E-state index in [2.05, 4.69) is 10.1 Å². The van der Waals surface area contributed by atoms with Crippen molar-refractivity contribution in [2.45, 2.75) is 13.8 Å². The summed E-state index contributed by atoms with van der Waals surface area (Å²) >= 11 is 0. The van der Waals surface area contributed by atoms with Crippen molar-refractivity contribution in [2.24, 2.45) is 20.0 Å². The van der Waals surface area contributed by atoms with Crippen LogP contribution in [-0.2, 0) is 33.2 Å². The number of nitrogens with zero attached hydrogens (tertiary/aromatic N) is 2. The molecule has 0 radical (unpaired) electrons. The highest BCUT2D eigenvalue weighted by Gasteiger charge is 2.33. The fourth-order valence-electron chi connectivity index (χ4n) is 1.78. The zero-order valence-corrected chi connectivity index (χ0v) is 12.7. The Morgan fingerprint density at radius 3 is 2.36 bits per heavy atom. The SMILES string of the molecule is CCOC(=O)[C@H](C(C)=O)C(=O)Nc1cn(C)c(=O)n(C)c1=O. The highest BCUT2D eigenvalue weighted by Crippen LogP contribution is 2.06. The minimum Gasteiger partial charge on any atom is -0.465 e. The lowest BCUT2D eigenvalue weighted by atomic mass is 10.0. The van der Waals surface area contributed by atoms with Crippen LogP contribution in [0.5, 0.6) is 0 Å². The Morgan fingerprint density at radius 2 is 1.86 bits per heavy atom. The van der Waals surface area contributed by atoms with Gasteiger partial charge in [0.25, 0.3) is 5.56 Å². The fourth-order valence-corrected chi connectivity index (χ4v) is 1.78. The first kappa shape index (κ1) is 17.3. The van der Waals surface area contributed by atoms with Gasteiger partial charge in [-0.05, 0) is 13.8 Å². The van der Waals surface area contributed by atoms with Gasteiger partial charge in [0, 0.05) is 20.3 Å². The maximum atomic E-state index is 12.1. The summed E-state index contributed by atoms with van der Waals surface area (Å²) in [4.78, 5) is 58.6. The molecule has 0 unspecified atom stereocenters. The van der Waals surface area contributed by atoms with Crippen molar-refractivity contribution in [3.8, 4) is 0 Å². The molecule has 1 heterocycles. The zero-order valence-electron chi connectivity index (χ0n) is 12.7. The van der Waals surface area contributed by atoms with Gasteiger partial charge < -0.3 is 14.6 Å². The van der Waals surface area contributed by atoms with Crippen molar-refractivity contribution >= 4 is 23.3 Å². The number of hydrogen-bond donors (Lipinski definition) is 1. The van der Waals surface area contributed by atoms with E-state index in [1.54, 1.807) is 0 Å². The number of amides is 1. The molecule has 0 bridgehead atoms. The van der Waals surface area contributed by atoms with Crippen LogP contribution in [0.2, 0.25) is 0 Å². The van der Waals surface area contributed by atoms with Gasteiger partial charge in [-0.15, -0.1) is 0 Å². The molecule has 1 atom stereocenters. The normalized spacial score (nSPS) is 11.6. The minimum atomic E-state index is -1.66. The largest absolute Gasteiger partial charge is 0.465 e. The highest BCUT2D eigenvalue weighted by atomic mass is 16.5. The van der Waals surface area contributed by atoms with Gasteiger partial charge in [0.2, 0.25) is 5.91 Å². The van der Waals surface area contributed by atoms with Crippen molar-refractivity contribution in [3.63, 3.8) is 0 Å². The molecule has 9 nitrogen and oxygen atoms in total. The maximum absolute atomic E-state index is 12.1. The molecular formula is C13H17N3O6. The molecule has 0 aliphatic carbocycles. The standard InChI is InChI=1S/C13H17N3O6/c1-5-22-12(20)9(7(2)17)10(18)14-8-6-15(3)13(21)16(4)11(8)19/h6,9H,5H2,1-4H3,(H,14,18)/t9-/m1/s1. The third kappa shape index (κ3) is 3.48. The van der Waals surface area contributed by atoms with E-state index in [1.807, 2.05) is 0 Å². The molecular weight excluding hydrogens is 294 g/mol. The van der Waals surface area contributed by atoms with Crippen LogP contribution in [0.25, 0.3) is 0 Å². The Bertz CT molecular complexity index is 730. The number of carbonyl (C=O) groups is 3. The van der Waals surface area contributed by atoms with Crippen LogP contribution in [0.4, 0.5) is 5.69 Å². The van der Waals surface area contributed by atoms with E-state index in [0.717, 1.165) is 22.3 Å². The Balaban J connectivity index is 3.16. The van der Waals surface area contributed by atoms with Crippen LogP contribution in [0.3, 0.4) is 0 Å². The average molecular weight is 311 g/mol. The topological polar surface area (TPSA) is 116 Å². The van der Waals surface area contributed by atoms with Crippen LogP contribution in [0.1, 0.15) is 13.8 Å². The molecule has 1 rings (SSSR count). The number of esters is 1. The lowest BCUT2D eigenvalue weighted by Crippen LogP contribution is -2.41. The number of aromatic nitrogens is 2. The summed E-state index contributed by atoms with van der Waals surface area (Å²) < 4.78 is 6.54. The number of anilines is 1. The van der Waals surface area contributed by atoms with Crippen molar-refractivity contribution < 1.29 is 19.1 Å². The monoisotopic (exact) mass is 311 g/mol. The van der Waals surface area contributed by atoms with Crippen molar-refractivity contribution in [1.29, 1.82) is 0 Å². The molecule has 1 aromatic rings. The van der Waals surface area contributed by atoms with E-state index in [0.29, 0.717) is 0 Å². The number of rotatable bonds is 5. The second kappa shape index (κ2) is 6.83. The summed E-state index contributed by atoms with van der Waals surface area (Å²) in [6.07, 6.45) is 1.12. The van der Waals surface area contributed by atoms with E-state index < -0.39 is 34.8 Å². The fraction of sp³-hybridized carbons (Fsp3) is 0.462. The van der Waals surface area contributed by atoms with Crippen LogP contribution >= 0.6 is 0 Å². The van der Waals surface area contributed by atoms with Crippen molar-refractivity contribution in [1.82, 2.24) is 9.13 Å². The molecule has 0 aliphatic rings. The van der Waals surface area contributed by atoms with E-state index in [-0.39, 0.29) is 12.3 Å². The summed E-state index contributed by atoms with van der Waals surface area (Å²) in [5.41, 5.74) is -1.54. The van der Waals surface area contributed by atoms with Gasteiger partial charge in [-0.1, -0.05) is 0 Å². The number of Topliss-reactive ketones (excluding diaryl/α,β-unsaturated/α-hetero) is 1. The molecule has 22 heavy (non-hydrogen) atoms. The number of carbonyl (C=O) groups excluding carboxylic acids is 3. The number of hydrogen-bond acceptors (Lipinski definition) is 6. The molecule has 0 aliphatic heterocycles. The maximum Gasteiger partial charge on any atom is 0.330 e. The summed E-state index contributed by atoms with van der Waals surface area (Å²) in [5, 5.41) is 2.19. The van der Waals surface area contributed by atoms with Gasteiger partial charge in [0.05, 0.1) is 6.61 Å². The molecule has 0 spiro atoms. The van der Waals surface area contributed by atoms with Crippen LogP contribution in [0.15, 0.2) is 15.8 Å². The zero-order chi connectivity index (χ0) is 17.0. The van der Waals surface area contributed by atoms with Gasteiger partial charge in [-0.25, -0.2) is 4.79 Å². The van der Waals surface area contributed by atoms with Crippen molar-refractivity contribution in [3.05, 3.63) is 27.0 Å². The lowest BCUT2D eigenvalue weighted by molar-refractivity contribution is -0.153. The molecule has 120 valence electrons. The lowest BCUT2D eigenvalue weighted by Gasteiger charge is -2.13. The van der Waals surface area contributed by atoms with E-state index in [1.165, 1.54) is 21.0 Å². The van der Waals surface area contributed by atoms with Gasteiger partial charge in [0.15, 0.2) is 11.7 Å².